The van der Waals surface area contributed by atoms with E-state index in [1.54, 1.807) is 0 Å². The van der Waals surface area contributed by atoms with Gasteiger partial charge >= 0.3 is 0 Å². The summed E-state index contributed by atoms with van der Waals surface area (Å²) in [5.41, 5.74) is 0.357. The van der Waals surface area contributed by atoms with Gasteiger partial charge in [0.2, 0.25) is 0 Å². The van der Waals surface area contributed by atoms with Gasteiger partial charge in [-0.1, -0.05) is 24.4 Å². The Balaban J connectivity index is 2.21. The lowest BCUT2D eigenvalue weighted by Gasteiger charge is -2.29. The number of nitro benzene ring substituents is 1. The van der Waals surface area contributed by atoms with Gasteiger partial charge in [0.25, 0.3) is 5.69 Å². The topological polar surface area (TPSA) is 75.4 Å². The van der Waals surface area contributed by atoms with E-state index in [0.29, 0.717) is 10.7 Å². The van der Waals surface area contributed by atoms with Crippen LogP contribution in [-0.2, 0) is 0 Å². The van der Waals surface area contributed by atoms with Gasteiger partial charge in [-0.2, -0.15) is 0 Å². The number of anilines is 1. The number of benzene rings is 1. The molecule has 0 bridgehead atoms. The zero-order valence-corrected chi connectivity index (χ0v) is 10.6. The second-order valence-electron chi connectivity index (χ2n) is 4.52. The number of rotatable bonds is 3. The Hall–Kier alpha value is -1.33. The van der Waals surface area contributed by atoms with Crippen molar-refractivity contribution in [1.82, 2.24) is 0 Å². The molecule has 0 aromatic heterocycles. The molecule has 98 valence electrons. The molecule has 0 aliphatic heterocycles. The van der Waals surface area contributed by atoms with Crippen molar-refractivity contribution in [3.63, 3.8) is 0 Å². The van der Waals surface area contributed by atoms with Crippen molar-refractivity contribution in [2.24, 2.45) is 0 Å². The molecular weight excluding hydrogens is 256 g/mol. The van der Waals surface area contributed by atoms with Crippen molar-refractivity contribution >= 4 is 23.0 Å². The number of nitro groups is 1. The summed E-state index contributed by atoms with van der Waals surface area (Å²) >= 11 is 5.85. The smallest absolute Gasteiger partial charge is 0.292 e. The van der Waals surface area contributed by atoms with Crippen LogP contribution in [0.1, 0.15) is 25.7 Å². The molecule has 0 amide bonds. The minimum atomic E-state index is -0.461. The second kappa shape index (κ2) is 5.54. The molecule has 2 atom stereocenters. The highest BCUT2D eigenvalue weighted by Gasteiger charge is 2.25. The third kappa shape index (κ3) is 2.91. The van der Waals surface area contributed by atoms with Crippen LogP contribution in [0.5, 0.6) is 0 Å². The third-order valence-corrected chi connectivity index (χ3v) is 3.46. The van der Waals surface area contributed by atoms with Crippen LogP contribution in [0.25, 0.3) is 0 Å². The minimum absolute atomic E-state index is 0.0165. The van der Waals surface area contributed by atoms with Crippen LogP contribution in [0.4, 0.5) is 11.4 Å². The Labute approximate surface area is 110 Å². The predicted octanol–water partition coefficient (Wildman–Crippen LogP) is 2.96. The Kier molecular flexibility index (Phi) is 4.04. The van der Waals surface area contributed by atoms with Crippen molar-refractivity contribution in [3.8, 4) is 0 Å². The largest absolute Gasteiger partial charge is 0.391 e. The molecular formula is C12H15ClN2O3. The summed E-state index contributed by atoms with van der Waals surface area (Å²) in [6.07, 6.45) is 3.09. The van der Waals surface area contributed by atoms with Gasteiger partial charge in [-0.3, -0.25) is 10.1 Å². The van der Waals surface area contributed by atoms with Crippen LogP contribution >= 0.6 is 11.6 Å². The fourth-order valence-corrected chi connectivity index (χ4v) is 2.43. The molecule has 0 heterocycles. The first kappa shape index (κ1) is 13.1. The molecule has 1 aromatic rings. The highest BCUT2D eigenvalue weighted by molar-refractivity contribution is 6.31. The van der Waals surface area contributed by atoms with Gasteiger partial charge in [-0.15, -0.1) is 0 Å². The molecule has 1 aliphatic carbocycles. The first-order valence-corrected chi connectivity index (χ1v) is 6.34. The van der Waals surface area contributed by atoms with Crippen molar-refractivity contribution in [1.29, 1.82) is 0 Å². The molecule has 1 aromatic carbocycles. The fourth-order valence-electron chi connectivity index (χ4n) is 2.26. The molecule has 0 radical (unpaired) electrons. The van der Waals surface area contributed by atoms with Gasteiger partial charge in [0.15, 0.2) is 0 Å². The summed E-state index contributed by atoms with van der Waals surface area (Å²) in [5, 5.41) is 24.3. The lowest BCUT2D eigenvalue weighted by molar-refractivity contribution is -0.384. The zero-order valence-electron chi connectivity index (χ0n) is 9.80. The first-order valence-electron chi connectivity index (χ1n) is 5.96. The average molecular weight is 271 g/mol. The molecule has 18 heavy (non-hydrogen) atoms. The number of aliphatic hydroxyl groups excluding tert-OH is 1. The van der Waals surface area contributed by atoms with Crippen LogP contribution in [0, 0.1) is 10.1 Å². The molecule has 2 unspecified atom stereocenters. The quantitative estimate of drug-likeness (QED) is 0.654. The Bertz CT molecular complexity index is 453. The van der Waals surface area contributed by atoms with E-state index in [0.717, 1.165) is 25.7 Å². The number of hydrogen-bond acceptors (Lipinski definition) is 4. The lowest BCUT2D eigenvalue weighted by atomic mass is 9.92. The van der Waals surface area contributed by atoms with Gasteiger partial charge in [-0.25, -0.2) is 0 Å². The van der Waals surface area contributed by atoms with E-state index in [1.807, 2.05) is 0 Å². The molecule has 1 saturated carbocycles. The zero-order chi connectivity index (χ0) is 13.1. The van der Waals surface area contributed by atoms with Crippen LogP contribution < -0.4 is 5.32 Å². The summed E-state index contributed by atoms with van der Waals surface area (Å²) in [6, 6.07) is 4.25. The van der Waals surface area contributed by atoms with Crippen LogP contribution in [0.15, 0.2) is 18.2 Å². The molecule has 0 saturated heterocycles. The van der Waals surface area contributed by atoms with Crippen molar-refractivity contribution in [3.05, 3.63) is 33.3 Å². The lowest BCUT2D eigenvalue weighted by Crippen LogP contribution is -2.36. The Morgan fingerprint density at radius 3 is 2.78 bits per heavy atom. The van der Waals surface area contributed by atoms with E-state index in [-0.39, 0.29) is 11.7 Å². The van der Waals surface area contributed by atoms with Crippen LogP contribution in [0.2, 0.25) is 5.02 Å². The normalized spacial score (nSPS) is 23.7. The van der Waals surface area contributed by atoms with E-state index in [4.69, 9.17) is 11.6 Å². The van der Waals surface area contributed by atoms with Gasteiger partial charge in [-0.05, 0) is 25.0 Å². The van der Waals surface area contributed by atoms with Crippen molar-refractivity contribution in [2.45, 2.75) is 37.8 Å². The molecule has 1 fully saturated rings. The third-order valence-electron chi connectivity index (χ3n) is 3.23. The molecule has 2 rings (SSSR count). The summed E-state index contributed by atoms with van der Waals surface area (Å²) in [4.78, 5) is 10.5. The maximum atomic E-state index is 10.9. The number of nitrogens with one attached hydrogen (secondary N) is 1. The fraction of sp³-hybridized carbons (Fsp3) is 0.500. The van der Waals surface area contributed by atoms with Crippen molar-refractivity contribution in [2.75, 3.05) is 5.32 Å². The Morgan fingerprint density at radius 2 is 2.11 bits per heavy atom. The van der Waals surface area contributed by atoms with E-state index < -0.39 is 11.0 Å². The predicted molar refractivity (Wildman–Crippen MR) is 70.0 cm³/mol. The van der Waals surface area contributed by atoms with Crippen LogP contribution in [-0.4, -0.2) is 22.2 Å². The summed E-state index contributed by atoms with van der Waals surface area (Å²) in [6.45, 7) is 0. The van der Waals surface area contributed by atoms with Gasteiger partial charge in [0.1, 0.15) is 5.69 Å². The summed E-state index contributed by atoms with van der Waals surface area (Å²) in [5.74, 6) is 0. The minimum Gasteiger partial charge on any atom is -0.391 e. The molecule has 5 nitrogen and oxygen atoms in total. The van der Waals surface area contributed by atoms with Crippen molar-refractivity contribution < 1.29 is 10.0 Å². The van der Waals surface area contributed by atoms with Gasteiger partial charge in [0.05, 0.1) is 17.1 Å². The van der Waals surface area contributed by atoms with E-state index in [2.05, 4.69) is 5.32 Å². The molecule has 2 N–H and O–H groups in total. The van der Waals surface area contributed by atoms with Gasteiger partial charge in [0, 0.05) is 11.1 Å². The molecule has 1 aliphatic rings. The summed E-state index contributed by atoms with van der Waals surface area (Å²) < 4.78 is 0. The van der Waals surface area contributed by atoms with E-state index >= 15 is 0 Å². The number of halogens is 1. The van der Waals surface area contributed by atoms with E-state index in [9.17, 15) is 15.2 Å². The molecule has 6 heteroatoms. The second-order valence-corrected chi connectivity index (χ2v) is 4.96. The standard InChI is InChI=1S/C12H15ClN2O3/c13-8-5-6-11(15(17)18)10(7-8)14-9-3-1-2-4-12(9)16/h5-7,9,12,14,16H,1-4H2. The number of aliphatic hydroxyl groups is 1. The Morgan fingerprint density at radius 1 is 1.39 bits per heavy atom. The van der Waals surface area contributed by atoms with Crippen LogP contribution in [0.3, 0.4) is 0 Å². The maximum Gasteiger partial charge on any atom is 0.292 e. The molecule has 0 spiro atoms. The SMILES string of the molecule is O=[N+]([O-])c1ccc(Cl)cc1NC1CCCCC1O. The monoisotopic (exact) mass is 270 g/mol. The number of hydrogen-bond donors (Lipinski definition) is 2. The average Bonchev–Trinajstić information content (AvgIpc) is 2.32. The van der Waals surface area contributed by atoms with E-state index in [1.165, 1.54) is 18.2 Å². The highest BCUT2D eigenvalue weighted by Crippen LogP contribution is 2.30. The number of nitrogens with zero attached hydrogens (tertiary/aromatic N) is 1. The van der Waals surface area contributed by atoms with Gasteiger partial charge < -0.3 is 10.4 Å². The summed E-state index contributed by atoms with van der Waals surface area (Å²) in [7, 11) is 0. The highest BCUT2D eigenvalue weighted by atomic mass is 35.5. The maximum absolute atomic E-state index is 10.9. The first-order chi connectivity index (χ1) is 8.58.